The van der Waals surface area contributed by atoms with Gasteiger partial charge in [-0.1, -0.05) is 22.9 Å². The molecule has 1 rings (SSSR count). The first kappa shape index (κ1) is 12.6. The molecule has 0 fully saturated rings. The number of rotatable bonds is 4. The highest BCUT2D eigenvalue weighted by molar-refractivity contribution is 9.10. The van der Waals surface area contributed by atoms with E-state index < -0.39 is 0 Å². The average molecular weight is 286 g/mol. The van der Waals surface area contributed by atoms with Crippen LogP contribution < -0.4 is 0 Å². The molecule has 0 radical (unpaired) electrons. The summed E-state index contributed by atoms with van der Waals surface area (Å²) in [6.07, 6.45) is 0. The van der Waals surface area contributed by atoms with Crippen molar-refractivity contribution in [1.29, 1.82) is 5.26 Å². The minimum Gasteiger partial charge on any atom is -0.396 e. The number of halogens is 1. The van der Waals surface area contributed by atoms with Crippen LogP contribution in [0.4, 0.5) is 0 Å². The van der Waals surface area contributed by atoms with E-state index in [4.69, 9.17) is 10.4 Å². The van der Waals surface area contributed by atoms with Crippen LogP contribution >= 0.6 is 27.7 Å². The quantitative estimate of drug-likeness (QED) is 0.865. The van der Waals surface area contributed by atoms with Gasteiger partial charge in [0.25, 0.3) is 0 Å². The van der Waals surface area contributed by atoms with Gasteiger partial charge in [-0.2, -0.15) is 5.26 Å². The van der Waals surface area contributed by atoms with Gasteiger partial charge in [-0.05, 0) is 24.1 Å². The monoisotopic (exact) mass is 285 g/mol. The van der Waals surface area contributed by atoms with Gasteiger partial charge < -0.3 is 5.11 Å². The summed E-state index contributed by atoms with van der Waals surface area (Å²) in [6.45, 7) is 2.17. The van der Waals surface area contributed by atoms with Crippen molar-refractivity contribution in [1.82, 2.24) is 0 Å². The van der Waals surface area contributed by atoms with Crippen LogP contribution in [-0.2, 0) is 0 Å². The van der Waals surface area contributed by atoms with E-state index in [0.717, 1.165) is 15.1 Å². The number of aliphatic hydroxyl groups is 1. The highest BCUT2D eigenvalue weighted by atomic mass is 79.9. The Labute approximate surface area is 102 Å². The third-order valence-electron chi connectivity index (χ3n) is 1.90. The highest BCUT2D eigenvalue weighted by Crippen LogP contribution is 2.27. The van der Waals surface area contributed by atoms with Gasteiger partial charge in [0.1, 0.15) is 6.07 Å². The van der Waals surface area contributed by atoms with E-state index in [1.807, 2.05) is 19.1 Å². The van der Waals surface area contributed by atoms with Crippen molar-refractivity contribution in [2.24, 2.45) is 5.92 Å². The molecule has 0 aliphatic rings. The van der Waals surface area contributed by atoms with Crippen LogP contribution in [0.2, 0.25) is 0 Å². The predicted molar refractivity (Wildman–Crippen MR) is 65.8 cm³/mol. The fraction of sp³-hybridized carbons (Fsp3) is 0.364. The van der Waals surface area contributed by atoms with Gasteiger partial charge in [0, 0.05) is 21.7 Å². The molecule has 0 aliphatic carbocycles. The molecule has 0 aromatic heterocycles. The van der Waals surface area contributed by atoms with Crippen molar-refractivity contribution < 1.29 is 5.11 Å². The molecule has 0 saturated carbocycles. The van der Waals surface area contributed by atoms with Crippen molar-refractivity contribution in [2.45, 2.75) is 11.8 Å². The first-order valence-electron chi connectivity index (χ1n) is 4.60. The molecule has 0 saturated heterocycles. The summed E-state index contributed by atoms with van der Waals surface area (Å²) >= 11 is 4.98. The third kappa shape index (κ3) is 3.86. The van der Waals surface area contributed by atoms with E-state index in [1.165, 1.54) is 0 Å². The zero-order valence-electron chi connectivity index (χ0n) is 8.40. The molecular formula is C11H12BrNOS. The number of nitrogens with zero attached hydrogens (tertiary/aromatic N) is 1. The molecule has 0 amide bonds. The second-order valence-electron chi connectivity index (χ2n) is 3.35. The van der Waals surface area contributed by atoms with Crippen LogP contribution in [0.25, 0.3) is 0 Å². The molecule has 0 spiro atoms. The van der Waals surface area contributed by atoms with Crippen molar-refractivity contribution >= 4 is 27.7 Å². The summed E-state index contributed by atoms with van der Waals surface area (Å²) in [4.78, 5) is 0.965. The molecule has 0 heterocycles. The SMILES string of the molecule is CC(CO)CSc1cc(Br)ccc1C#N. The summed E-state index contributed by atoms with van der Waals surface area (Å²) in [6, 6.07) is 7.76. The Balaban J connectivity index is 2.75. The Morgan fingerprint density at radius 1 is 1.60 bits per heavy atom. The number of hydrogen-bond donors (Lipinski definition) is 1. The molecule has 1 N–H and O–H groups in total. The number of thioether (sulfide) groups is 1. The normalized spacial score (nSPS) is 12.1. The molecule has 80 valence electrons. The fourth-order valence-corrected chi connectivity index (χ4v) is 2.55. The summed E-state index contributed by atoms with van der Waals surface area (Å²) in [5.41, 5.74) is 0.688. The molecule has 4 heteroatoms. The minimum atomic E-state index is 0.183. The van der Waals surface area contributed by atoms with Crippen LogP contribution in [0.1, 0.15) is 12.5 Å². The smallest absolute Gasteiger partial charge is 0.100 e. The molecule has 0 aliphatic heterocycles. The molecule has 1 unspecified atom stereocenters. The lowest BCUT2D eigenvalue weighted by atomic mass is 10.2. The van der Waals surface area contributed by atoms with Crippen molar-refractivity contribution in [3.05, 3.63) is 28.2 Å². The van der Waals surface area contributed by atoms with E-state index in [2.05, 4.69) is 22.0 Å². The van der Waals surface area contributed by atoms with Gasteiger partial charge in [0.2, 0.25) is 0 Å². The van der Waals surface area contributed by atoms with Crippen LogP contribution in [-0.4, -0.2) is 17.5 Å². The van der Waals surface area contributed by atoms with E-state index in [1.54, 1.807) is 17.8 Å². The highest BCUT2D eigenvalue weighted by Gasteiger charge is 2.06. The summed E-state index contributed by atoms with van der Waals surface area (Å²) in [7, 11) is 0. The maximum Gasteiger partial charge on any atom is 0.100 e. The van der Waals surface area contributed by atoms with Crippen LogP contribution in [0.3, 0.4) is 0 Å². The van der Waals surface area contributed by atoms with Gasteiger partial charge >= 0.3 is 0 Å². The van der Waals surface area contributed by atoms with Crippen LogP contribution in [0, 0.1) is 17.2 Å². The maximum absolute atomic E-state index is 8.91. The molecule has 1 aromatic carbocycles. The van der Waals surface area contributed by atoms with Crippen molar-refractivity contribution in [3.63, 3.8) is 0 Å². The Bertz CT molecular complexity index is 375. The van der Waals surface area contributed by atoms with Crippen LogP contribution in [0.5, 0.6) is 0 Å². The zero-order valence-corrected chi connectivity index (χ0v) is 10.8. The molecule has 15 heavy (non-hydrogen) atoms. The van der Waals surface area contributed by atoms with E-state index in [-0.39, 0.29) is 12.5 Å². The van der Waals surface area contributed by atoms with Crippen LogP contribution in [0.15, 0.2) is 27.6 Å². The number of nitriles is 1. The Kier molecular flexibility index (Phi) is 5.16. The standard InChI is InChI=1S/C11H12BrNOS/c1-8(6-14)7-15-11-4-10(12)3-2-9(11)5-13/h2-4,8,14H,6-7H2,1H3. The number of aliphatic hydroxyl groups excluding tert-OH is 1. The van der Waals surface area contributed by atoms with Gasteiger partial charge in [-0.3, -0.25) is 0 Å². The zero-order chi connectivity index (χ0) is 11.3. The molecule has 2 nitrogen and oxygen atoms in total. The lowest BCUT2D eigenvalue weighted by molar-refractivity contribution is 0.250. The second kappa shape index (κ2) is 6.16. The van der Waals surface area contributed by atoms with Gasteiger partial charge in [0.15, 0.2) is 0 Å². The lowest BCUT2D eigenvalue weighted by Crippen LogP contribution is -2.03. The number of benzene rings is 1. The van der Waals surface area contributed by atoms with Gasteiger partial charge in [0.05, 0.1) is 5.56 Å². The molecule has 1 atom stereocenters. The maximum atomic E-state index is 8.91. The van der Waals surface area contributed by atoms with Crippen molar-refractivity contribution in [3.8, 4) is 6.07 Å². The molecule has 0 bridgehead atoms. The first-order chi connectivity index (χ1) is 7.17. The van der Waals surface area contributed by atoms with Gasteiger partial charge in [-0.15, -0.1) is 11.8 Å². The predicted octanol–water partition coefficient (Wildman–Crippen LogP) is 3.04. The average Bonchev–Trinajstić information content (AvgIpc) is 2.26. The first-order valence-corrected chi connectivity index (χ1v) is 6.38. The minimum absolute atomic E-state index is 0.183. The fourth-order valence-electron chi connectivity index (χ4n) is 0.993. The summed E-state index contributed by atoms with van der Waals surface area (Å²) in [5, 5.41) is 17.8. The largest absolute Gasteiger partial charge is 0.396 e. The summed E-state index contributed by atoms with van der Waals surface area (Å²) in [5.74, 6) is 1.07. The topological polar surface area (TPSA) is 44.0 Å². The Hall–Kier alpha value is -0.500. The summed E-state index contributed by atoms with van der Waals surface area (Å²) < 4.78 is 0.973. The Morgan fingerprint density at radius 3 is 2.93 bits per heavy atom. The Morgan fingerprint density at radius 2 is 2.33 bits per heavy atom. The van der Waals surface area contributed by atoms with E-state index in [9.17, 15) is 0 Å². The van der Waals surface area contributed by atoms with Crippen molar-refractivity contribution in [2.75, 3.05) is 12.4 Å². The van der Waals surface area contributed by atoms with Gasteiger partial charge in [-0.25, -0.2) is 0 Å². The lowest BCUT2D eigenvalue weighted by Gasteiger charge is -2.08. The molecular weight excluding hydrogens is 274 g/mol. The molecule has 1 aromatic rings. The second-order valence-corrected chi connectivity index (χ2v) is 5.33. The van der Waals surface area contributed by atoms with E-state index in [0.29, 0.717) is 5.56 Å². The van der Waals surface area contributed by atoms with E-state index >= 15 is 0 Å². The number of hydrogen-bond acceptors (Lipinski definition) is 3. The third-order valence-corrected chi connectivity index (χ3v) is 3.78.